The molecule has 0 bridgehead atoms. The Balaban J connectivity index is 5.34. The summed E-state index contributed by atoms with van der Waals surface area (Å²) in [6.07, 6.45) is -9.20. The number of carbonyl (C=O) groups excluding carboxylic acids is 2. The predicted molar refractivity (Wildman–Crippen MR) is 83.0 cm³/mol. The van der Waals surface area contributed by atoms with Gasteiger partial charge in [-0.05, 0) is 19.8 Å². The van der Waals surface area contributed by atoms with Crippen LogP contribution in [-0.2, 0) is 33.9 Å². The molecule has 0 aromatic carbocycles. The number of halogens is 7. The molecule has 0 rings (SSSR count). The molecule has 0 aliphatic heterocycles. The molecule has 8 nitrogen and oxygen atoms in total. The van der Waals surface area contributed by atoms with Crippen LogP contribution in [0.1, 0.15) is 26.2 Å². The van der Waals surface area contributed by atoms with E-state index in [9.17, 15) is 48.7 Å². The Hall–Kier alpha value is -1.94. The lowest BCUT2D eigenvalue weighted by molar-refractivity contribution is -0.354. The Bertz CT molecular complexity index is 735. The molecule has 0 saturated carbocycles. The molecule has 0 aliphatic carbocycles. The number of rotatable bonds is 12. The van der Waals surface area contributed by atoms with Gasteiger partial charge in [0, 0.05) is 12.5 Å². The first kappa shape index (κ1) is 28.1. The molecule has 1 unspecified atom stereocenters. The maximum absolute atomic E-state index is 13.4. The Kier molecular flexibility index (Phi) is 9.27. The van der Waals surface area contributed by atoms with Gasteiger partial charge < -0.3 is 14.2 Å². The number of hydrogen-bond acceptors (Lipinski definition) is 7. The lowest BCUT2D eigenvalue weighted by Gasteiger charge is -2.31. The summed E-state index contributed by atoms with van der Waals surface area (Å²) >= 11 is 0. The monoisotopic (exact) mass is 478 g/mol. The number of hydrogen-bond donors (Lipinski definition) is 1. The number of esters is 2. The second kappa shape index (κ2) is 9.91. The molecular weight excluding hydrogens is 461 g/mol. The van der Waals surface area contributed by atoms with Gasteiger partial charge in [0.25, 0.3) is 0 Å². The van der Waals surface area contributed by atoms with Crippen LogP contribution in [0.2, 0.25) is 0 Å². The van der Waals surface area contributed by atoms with Gasteiger partial charge in [-0.2, -0.15) is 39.2 Å². The van der Waals surface area contributed by atoms with E-state index in [-0.39, 0.29) is 6.08 Å². The van der Waals surface area contributed by atoms with Crippen molar-refractivity contribution in [3.05, 3.63) is 12.7 Å². The highest BCUT2D eigenvalue weighted by molar-refractivity contribution is 7.87. The first-order chi connectivity index (χ1) is 13.4. The lowest BCUT2D eigenvalue weighted by atomic mass is 10.1. The van der Waals surface area contributed by atoms with Gasteiger partial charge in [0.05, 0.1) is 13.2 Å². The fraction of sp³-hybridized carbons (Fsp3) is 0.714. The summed E-state index contributed by atoms with van der Waals surface area (Å²) in [4.78, 5) is 23.0. The van der Waals surface area contributed by atoms with Crippen molar-refractivity contribution in [2.45, 2.75) is 49.3 Å². The normalized spacial score (nSPS) is 15.2. The summed E-state index contributed by atoms with van der Waals surface area (Å²) in [5.74, 6) is -13.5. The van der Waals surface area contributed by atoms with Crippen LogP contribution in [0.4, 0.5) is 30.7 Å². The minimum absolute atomic E-state index is 0.265. The van der Waals surface area contributed by atoms with Crippen molar-refractivity contribution in [3.63, 3.8) is 0 Å². The second-order valence-corrected chi connectivity index (χ2v) is 6.92. The first-order valence-corrected chi connectivity index (χ1v) is 9.29. The van der Waals surface area contributed by atoms with Crippen LogP contribution in [0.5, 0.6) is 0 Å². The number of carbonyl (C=O) groups is 2. The predicted octanol–water partition coefficient (Wildman–Crippen LogP) is 2.84. The van der Waals surface area contributed by atoms with Gasteiger partial charge in [0.2, 0.25) is 0 Å². The lowest BCUT2D eigenvalue weighted by Crippen LogP contribution is -2.58. The standard InChI is InChI=1S/C14H17F7O8S/c1-3-9(22)29-12(13(17,18)19,10(23)27-4-2)28-8-6-5-7-11(15,16)14(20,21)30(24,25)26/h3H,1,4-8H2,2H3,(H,24,25,26). The average Bonchev–Trinajstić information content (AvgIpc) is 2.57. The van der Waals surface area contributed by atoms with E-state index in [0.29, 0.717) is 0 Å². The van der Waals surface area contributed by atoms with Crippen LogP contribution in [0.25, 0.3) is 0 Å². The topological polar surface area (TPSA) is 116 Å². The SMILES string of the molecule is C=CC(=O)OC(OCCCCC(F)(F)C(F)(F)S(=O)(=O)O)(C(=O)OCC)C(F)(F)F. The summed E-state index contributed by atoms with van der Waals surface area (Å²) in [5.41, 5.74) is 0. The van der Waals surface area contributed by atoms with E-state index in [4.69, 9.17) is 4.55 Å². The third-order valence-electron chi connectivity index (χ3n) is 3.27. The molecular formula is C14H17F7O8S. The van der Waals surface area contributed by atoms with Crippen molar-refractivity contribution in [3.8, 4) is 0 Å². The molecule has 1 atom stereocenters. The summed E-state index contributed by atoms with van der Waals surface area (Å²) in [6, 6.07) is 0. The van der Waals surface area contributed by atoms with Crippen LogP contribution in [0.15, 0.2) is 12.7 Å². The molecule has 176 valence electrons. The van der Waals surface area contributed by atoms with Crippen molar-refractivity contribution in [2.24, 2.45) is 0 Å². The third-order valence-corrected chi connectivity index (χ3v) is 4.22. The van der Waals surface area contributed by atoms with Crippen LogP contribution < -0.4 is 0 Å². The van der Waals surface area contributed by atoms with Crippen LogP contribution in [0.3, 0.4) is 0 Å². The van der Waals surface area contributed by atoms with Crippen LogP contribution in [0, 0.1) is 0 Å². The molecule has 0 aromatic heterocycles. The van der Waals surface area contributed by atoms with Crippen molar-refractivity contribution in [1.82, 2.24) is 0 Å². The molecule has 0 fully saturated rings. The second-order valence-electron chi connectivity index (χ2n) is 5.46. The van der Waals surface area contributed by atoms with Crippen molar-refractivity contribution >= 4 is 22.1 Å². The summed E-state index contributed by atoms with van der Waals surface area (Å²) in [7, 11) is -6.47. The molecule has 30 heavy (non-hydrogen) atoms. The Morgan fingerprint density at radius 2 is 1.60 bits per heavy atom. The number of unbranched alkanes of at least 4 members (excludes halogenated alkanes) is 1. The fourth-order valence-corrected chi connectivity index (χ4v) is 2.27. The summed E-state index contributed by atoms with van der Waals surface area (Å²) in [6.45, 7) is 2.13. The van der Waals surface area contributed by atoms with Gasteiger partial charge in [-0.3, -0.25) is 4.55 Å². The maximum Gasteiger partial charge on any atom is 0.468 e. The average molecular weight is 478 g/mol. The maximum atomic E-state index is 13.4. The van der Waals surface area contributed by atoms with E-state index < -0.39 is 77.7 Å². The Morgan fingerprint density at radius 3 is 2.00 bits per heavy atom. The molecule has 0 aromatic rings. The quantitative estimate of drug-likeness (QED) is 0.114. The fourth-order valence-electron chi connectivity index (χ4n) is 1.79. The number of ether oxygens (including phenoxy) is 3. The Labute approximate surface area is 165 Å². The molecule has 0 radical (unpaired) electrons. The molecule has 0 saturated heterocycles. The Morgan fingerprint density at radius 1 is 1.07 bits per heavy atom. The summed E-state index contributed by atoms with van der Waals surface area (Å²) < 4.78 is 134. The first-order valence-electron chi connectivity index (χ1n) is 7.85. The largest absolute Gasteiger partial charge is 0.468 e. The zero-order chi connectivity index (χ0) is 24.0. The van der Waals surface area contributed by atoms with Crippen molar-refractivity contribution in [1.29, 1.82) is 0 Å². The minimum Gasteiger partial charge on any atom is -0.461 e. The van der Waals surface area contributed by atoms with Gasteiger partial charge in [-0.1, -0.05) is 6.58 Å². The zero-order valence-corrected chi connectivity index (χ0v) is 16.0. The molecule has 0 spiro atoms. The smallest absolute Gasteiger partial charge is 0.461 e. The summed E-state index contributed by atoms with van der Waals surface area (Å²) in [5, 5.41) is -5.85. The molecule has 0 heterocycles. The molecule has 0 amide bonds. The van der Waals surface area contributed by atoms with Crippen molar-refractivity contribution < 1.29 is 67.5 Å². The highest BCUT2D eigenvalue weighted by Crippen LogP contribution is 2.42. The van der Waals surface area contributed by atoms with E-state index in [1.54, 1.807) is 0 Å². The van der Waals surface area contributed by atoms with E-state index in [1.165, 1.54) is 0 Å². The van der Waals surface area contributed by atoms with Gasteiger partial charge in [-0.15, -0.1) is 0 Å². The molecule has 1 N–H and O–H groups in total. The van der Waals surface area contributed by atoms with Gasteiger partial charge in [0.1, 0.15) is 0 Å². The van der Waals surface area contributed by atoms with E-state index >= 15 is 0 Å². The molecule has 16 heteroatoms. The minimum atomic E-state index is -6.47. The van der Waals surface area contributed by atoms with Gasteiger partial charge >= 0.3 is 45.2 Å². The van der Waals surface area contributed by atoms with Gasteiger partial charge in [0.15, 0.2) is 0 Å². The van der Waals surface area contributed by atoms with Crippen molar-refractivity contribution in [2.75, 3.05) is 13.2 Å². The van der Waals surface area contributed by atoms with E-state index in [1.807, 2.05) is 0 Å². The highest BCUT2D eigenvalue weighted by Gasteiger charge is 2.68. The third kappa shape index (κ3) is 6.28. The molecule has 0 aliphatic rings. The van der Waals surface area contributed by atoms with E-state index in [0.717, 1.165) is 6.92 Å². The van der Waals surface area contributed by atoms with E-state index in [2.05, 4.69) is 20.8 Å². The van der Waals surface area contributed by atoms with Crippen LogP contribution >= 0.6 is 0 Å². The number of alkyl halides is 7. The van der Waals surface area contributed by atoms with Crippen LogP contribution in [-0.4, -0.2) is 61.3 Å². The van der Waals surface area contributed by atoms with Gasteiger partial charge in [-0.25, -0.2) is 9.59 Å². The zero-order valence-electron chi connectivity index (χ0n) is 15.2. The highest BCUT2D eigenvalue weighted by atomic mass is 32.2.